The Morgan fingerprint density at radius 1 is 1.19 bits per heavy atom. The molecule has 27 heavy (non-hydrogen) atoms. The monoisotopic (exact) mass is 406 g/mol. The van der Waals surface area contributed by atoms with Crippen LogP contribution in [0.25, 0.3) is 0 Å². The summed E-state index contributed by atoms with van der Waals surface area (Å²) >= 11 is 6.09. The maximum Gasteiger partial charge on any atom is 0.255 e. The zero-order valence-corrected chi connectivity index (χ0v) is 17.0. The lowest BCUT2D eigenvalue weighted by molar-refractivity contribution is 0.102. The van der Waals surface area contributed by atoms with Crippen molar-refractivity contribution in [1.82, 2.24) is 4.31 Å². The van der Waals surface area contributed by atoms with Crippen LogP contribution in [0.3, 0.4) is 0 Å². The van der Waals surface area contributed by atoms with Crippen LogP contribution in [0.1, 0.15) is 42.1 Å². The lowest BCUT2D eigenvalue weighted by Crippen LogP contribution is -2.41. The Kier molecular flexibility index (Phi) is 5.89. The molecule has 0 bridgehead atoms. The first-order valence-corrected chi connectivity index (χ1v) is 10.8. The van der Waals surface area contributed by atoms with Crippen LogP contribution in [0.2, 0.25) is 5.02 Å². The van der Waals surface area contributed by atoms with Crippen LogP contribution < -0.4 is 5.32 Å². The second kappa shape index (κ2) is 8.00. The molecule has 1 unspecified atom stereocenters. The van der Waals surface area contributed by atoms with Crippen molar-refractivity contribution in [2.75, 3.05) is 11.9 Å². The normalized spacial score (nSPS) is 18.3. The van der Waals surface area contributed by atoms with Gasteiger partial charge in [-0.1, -0.05) is 30.2 Å². The van der Waals surface area contributed by atoms with Crippen molar-refractivity contribution in [3.63, 3.8) is 0 Å². The quantitative estimate of drug-likeness (QED) is 0.814. The minimum absolute atomic E-state index is 0.0321. The van der Waals surface area contributed by atoms with Gasteiger partial charge < -0.3 is 5.32 Å². The molecule has 144 valence electrons. The number of amides is 1. The molecule has 0 spiro atoms. The number of piperidine rings is 1. The molecule has 0 aliphatic carbocycles. The number of benzene rings is 2. The molecule has 7 heteroatoms. The fraction of sp³-hybridized carbons (Fsp3) is 0.350. The van der Waals surface area contributed by atoms with Gasteiger partial charge in [0.15, 0.2) is 0 Å². The van der Waals surface area contributed by atoms with Crippen molar-refractivity contribution in [2.24, 2.45) is 0 Å². The Balaban J connectivity index is 1.86. The second-order valence-electron chi connectivity index (χ2n) is 6.85. The number of nitrogens with one attached hydrogen (secondary N) is 1. The van der Waals surface area contributed by atoms with Crippen molar-refractivity contribution in [3.8, 4) is 0 Å². The highest BCUT2D eigenvalue weighted by Gasteiger charge is 2.31. The summed E-state index contributed by atoms with van der Waals surface area (Å²) in [5.41, 5.74) is 1.66. The van der Waals surface area contributed by atoms with E-state index in [9.17, 15) is 13.2 Å². The number of hydrogen-bond acceptors (Lipinski definition) is 3. The summed E-state index contributed by atoms with van der Waals surface area (Å²) in [6.07, 6.45) is 2.75. The van der Waals surface area contributed by atoms with Crippen LogP contribution in [0, 0.1) is 6.92 Å². The molecule has 1 fully saturated rings. The minimum atomic E-state index is -3.62. The van der Waals surface area contributed by atoms with E-state index < -0.39 is 10.0 Å². The van der Waals surface area contributed by atoms with Crippen molar-refractivity contribution >= 4 is 33.2 Å². The number of carbonyl (C=O) groups excluding carboxylic acids is 1. The van der Waals surface area contributed by atoms with Gasteiger partial charge >= 0.3 is 0 Å². The van der Waals surface area contributed by atoms with Crippen LogP contribution in [-0.2, 0) is 10.0 Å². The Morgan fingerprint density at radius 2 is 1.93 bits per heavy atom. The van der Waals surface area contributed by atoms with Crippen molar-refractivity contribution in [3.05, 3.63) is 58.6 Å². The maximum atomic E-state index is 13.0. The standard InChI is InChI=1S/C20H23ClN2O3S/c1-14-7-3-4-12-23(14)27(25,26)17-9-5-8-16(13-17)20(24)22-19-11-6-10-18(21)15(19)2/h5-6,8-11,13-14H,3-4,7,12H2,1-2H3,(H,22,24). The van der Waals surface area contributed by atoms with E-state index in [1.54, 1.807) is 30.3 Å². The first kappa shape index (κ1) is 19.9. The molecule has 1 heterocycles. The zero-order valence-electron chi connectivity index (χ0n) is 15.4. The zero-order chi connectivity index (χ0) is 19.6. The van der Waals surface area contributed by atoms with E-state index in [1.165, 1.54) is 16.4 Å². The summed E-state index contributed by atoms with van der Waals surface area (Å²) in [7, 11) is -3.62. The average Bonchev–Trinajstić information content (AvgIpc) is 2.65. The maximum absolute atomic E-state index is 13.0. The number of hydrogen-bond donors (Lipinski definition) is 1. The van der Waals surface area contributed by atoms with Crippen LogP contribution in [-0.4, -0.2) is 31.2 Å². The van der Waals surface area contributed by atoms with Crippen molar-refractivity contribution in [2.45, 2.75) is 44.0 Å². The van der Waals surface area contributed by atoms with Crippen molar-refractivity contribution in [1.29, 1.82) is 0 Å². The van der Waals surface area contributed by atoms with Gasteiger partial charge in [-0.2, -0.15) is 4.31 Å². The second-order valence-corrected chi connectivity index (χ2v) is 9.15. The molecule has 5 nitrogen and oxygen atoms in total. The SMILES string of the molecule is Cc1c(Cl)cccc1NC(=O)c1cccc(S(=O)(=O)N2CCCCC2C)c1. The molecule has 0 saturated carbocycles. The van der Waals surface area contributed by atoms with E-state index in [-0.39, 0.29) is 16.8 Å². The van der Waals surface area contributed by atoms with Crippen LogP contribution in [0.5, 0.6) is 0 Å². The molecule has 0 aromatic heterocycles. The van der Waals surface area contributed by atoms with Gasteiger partial charge in [-0.15, -0.1) is 0 Å². The third-order valence-corrected chi connectivity index (χ3v) is 7.38. The highest BCUT2D eigenvalue weighted by Crippen LogP contribution is 2.26. The number of rotatable bonds is 4. The van der Waals surface area contributed by atoms with Gasteiger partial charge in [-0.05, 0) is 62.6 Å². The van der Waals surface area contributed by atoms with E-state index in [0.29, 0.717) is 22.8 Å². The summed E-state index contributed by atoms with van der Waals surface area (Å²) in [4.78, 5) is 12.8. The molecule has 0 radical (unpaired) electrons. The van der Waals surface area contributed by atoms with Gasteiger partial charge in [0.2, 0.25) is 10.0 Å². The fourth-order valence-corrected chi connectivity index (χ4v) is 5.22. The van der Waals surface area contributed by atoms with E-state index in [0.717, 1.165) is 24.8 Å². The number of sulfonamides is 1. The Bertz CT molecular complexity index is 959. The van der Waals surface area contributed by atoms with E-state index in [4.69, 9.17) is 11.6 Å². The summed E-state index contributed by atoms with van der Waals surface area (Å²) in [6, 6.07) is 11.4. The summed E-state index contributed by atoms with van der Waals surface area (Å²) in [6.45, 7) is 4.26. The van der Waals surface area contributed by atoms with Gasteiger partial charge in [-0.25, -0.2) is 8.42 Å². The molecule has 3 rings (SSSR count). The first-order valence-electron chi connectivity index (χ1n) is 8.99. The minimum Gasteiger partial charge on any atom is -0.322 e. The topological polar surface area (TPSA) is 66.5 Å². The molecule has 2 aromatic carbocycles. The predicted octanol–water partition coefficient (Wildman–Crippen LogP) is 4.46. The van der Waals surface area contributed by atoms with E-state index in [2.05, 4.69) is 5.32 Å². The Morgan fingerprint density at radius 3 is 2.67 bits per heavy atom. The van der Waals surface area contributed by atoms with Crippen LogP contribution in [0.4, 0.5) is 5.69 Å². The van der Waals surface area contributed by atoms with Gasteiger partial charge in [-0.3, -0.25) is 4.79 Å². The summed E-state index contributed by atoms with van der Waals surface area (Å²) < 4.78 is 27.5. The van der Waals surface area contributed by atoms with Gasteiger partial charge in [0.05, 0.1) is 4.90 Å². The number of halogens is 1. The summed E-state index contributed by atoms with van der Waals surface area (Å²) in [5.74, 6) is -0.371. The predicted molar refractivity (Wildman–Crippen MR) is 108 cm³/mol. The molecule has 1 saturated heterocycles. The Hall–Kier alpha value is -1.89. The lowest BCUT2D eigenvalue weighted by atomic mass is 10.1. The molecular weight excluding hydrogens is 384 g/mol. The van der Waals surface area contributed by atoms with Gasteiger partial charge in [0.25, 0.3) is 5.91 Å². The number of nitrogens with zero attached hydrogens (tertiary/aromatic N) is 1. The molecule has 1 atom stereocenters. The van der Waals surface area contributed by atoms with E-state index in [1.807, 2.05) is 13.8 Å². The molecule has 2 aromatic rings. The smallest absolute Gasteiger partial charge is 0.255 e. The van der Waals surface area contributed by atoms with Gasteiger partial charge in [0.1, 0.15) is 0 Å². The molecule has 1 aliphatic heterocycles. The van der Waals surface area contributed by atoms with E-state index >= 15 is 0 Å². The third kappa shape index (κ3) is 4.18. The largest absolute Gasteiger partial charge is 0.322 e. The van der Waals surface area contributed by atoms with Gasteiger partial charge in [0, 0.05) is 28.9 Å². The fourth-order valence-electron chi connectivity index (χ4n) is 3.30. The van der Waals surface area contributed by atoms with Crippen LogP contribution >= 0.6 is 11.6 Å². The Labute approximate surface area is 165 Å². The number of anilines is 1. The molecule has 1 amide bonds. The summed E-state index contributed by atoms with van der Waals surface area (Å²) in [5, 5.41) is 3.36. The highest BCUT2D eigenvalue weighted by molar-refractivity contribution is 7.89. The average molecular weight is 407 g/mol. The van der Waals surface area contributed by atoms with Crippen molar-refractivity contribution < 1.29 is 13.2 Å². The lowest BCUT2D eigenvalue weighted by Gasteiger charge is -2.32. The number of carbonyl (C=O) groups is 1. The molecule has 1 aliphatic rings. The molecule has 1 N–H and O–H groups in total. The van der Waals surface area contributed by atoms with Crippen LogP contribution in [0.15, 0.2) is 47.4 Å². The first-order chi connectivity index (χ1) is 12.8. The highest BCUT2D eigenvalue weighted by atomic mass is 35.5. The molecular formula is C20H23ClN2O3S. The third-order valence-electron chi connectivity index (χ3n) is 4.96.